The maximum absolute atomic E-state index is 5.22. The summed E-state index contributed by atoms with van der Waals surface area (Å²) >= 11 is 1.81. The molecule has 1 aromatic carbocycles. The van der Waals surface area contributed by atoms with Crippen LogP contribution in [0.1, 0.15) is 22.7 Å². The molecule has 0 spiro atoms. The molecule has 3 rings (SSSR count). The highest BCUT2D eigenvalue weighted by atomic mass is 32.1. The Kier molecular flexibility index (Phi) is 3.52. The van der Waals surface area contributed by atoms with E-state index in [0.717, 1.165) is 11.3 Å². The van der Waals surface area contributed by atoms with Crippen molar-refractivity contribution in [2.75, 3.05) is 5.32 Å². The van der Waals surface area contributed by atoms with Crippen molar-refractivity contribution in [3.8, 4) is 11.5 Å². The van der Waals surface area contributed by atoms with E-state index in [0.29, 0.717) is 5.89 Å². The smallest absolute Gasteiger partial charge is 0.247 e. The summed E-state index contributed by atoms with van der Waals surface area (Å²) in [5.41, 5.74) is 1.96. The highest BCUT2D eigenvalue weighted by Gasteiger charge is 2.09. The number of nitrogens with zero attached hydrogens (tertiary/aromatic N) is 2. The van der Waals surface area contributed by atoms with Crippen LogP contribution >= 0.6 is 11.3 Å². The molecule has 0 saturated carbocycles. The topological polar surface area (TPSA) is 51.0 Å². The van der Waals surface area contributed by atoms with Gasteiger partial charge in [-0.25, -0.2) is 0 Å². The van der Waals surface area contributed by atoms with Gasteiger partial charge in [0, 0.05) is 21.0 Å². The van der Waals surface area contributed by atoms with Crippen molar-refractivity contribution in [1.29, 1.82) is 0 Å². The molecule has 4 nitrogen and oxygen atoms in total. The Morgan fingerprint density at radius 1 is 1.25 bits per heavy atom. The van der Waals surface area contributed by atoms with Gasteiger partial charge in [0.15, 0.2) is 0 Å². The standard InChI is InChI=1S/C15H15N3OS/c1-10-6-7-14(20-10)11(2)17-13-5-3-4-12(8-13)15-18-16-9-19-15/h3-9,11,17H,1-2H3. The highest BCUT2D eigenvalue weighted by molar-refractivity contribution is 7.12. The summed E-state index contributed by atoms with van der Waals surface area (Å²) in [7, 11) is 0. The number of nitrogens with one attached hydrogen (secondary N) is 1. The fourth-order valence-electron chi connectivity index (χ4n) is 2.05. The molecule has 0 aliphatic heterocycles. The molecule has 102 valence electrons. The number of hydrogen-bond acceptors (Lipinski definition) is 5. The molecule has 2 heterocycles. The lowest BCUT2D eigenvalue weighted by Crippen LogP contribution is -2.04. The van der Waals surface area contributed by atoms with Crippen LogP contribution in [0.4, 0.5) is 5.69 Å². The van der Waals surface area contributed by atoms with E-state index in [-0.39, 0.29) is 6.04 Å². The van der Waals surface area contributed by atoms with Crippen molar-refractivity contribution in [3.05, 3.63) is 52.5 Å². The first-order chi connectivity index (χ1) is 9.72. The Labute approximate surface area is 121 Å². The number of anilines is 1. The lowest BCUT2D eigenvalue weighted by molar-refractivity contribution is 0.568. The Morgan fingerprint density at radius 3 is 2.85 bits per heavy atom. The van der Waals surface area contributed by atoms with Gasteiger partial charge >= 0.3 is 0 Å². The maximum atomic E-state index is 5.22. The number of aromatic nitrogens is 2. The number of rotatable bonds is 4. The minimum atomic E-state index is 0.270. The Hall–Kier alpha value is -2.14. The van der Waals surface area contributed by atoms with E-state index >= 15 is 0 Å². The number of thiophene rings is 1. The van der Waals surface area contributed by atoms with Crippen molar-refractivity contribution in [3.63, 3.8) is 0 Å². The summed E-state index contributed by atoms with van der Waals surface area (Å²) in [4.78, 5) is 2.65. The van der Waals surface area contributed by atoms with E-state index in [4.69, 9.17) is 4.42 Å². The van der Waals surface area contributed by atoms with Gasteiger partial charge in [0.05, 0.1) is 6.04 Å². The highest BCUT2D eigenvalue weighted by Crippen LogP contribution is 2.27. The van der Waals surface area contributed by atoms with E-state index in [2.05, 4.69) is 41.5 Å². The molecule has 1 unspecified atom stereocenters. The van der Waals surface area contributed by atoms with Gasteiger partial charge in [0.25, 0.3) is 0 Å². The van der Waals surface area contributed by atoms with Crippen molar-refractivity contribution in [2.24, 2.45) is 0 Å². The average molecular weight is 285 g/mol. The van der Waals surface area contributed by atoms with Crippen molar-refractivity contribution >= 4 is 17.0 Å². The zero-order valence-corrected chi connectivity index (χ0v) is 12.1. The molecule has 0 amide bonds. The van der Waals surface area contributed by atoms with Gasteiger partial charge in [-0.3, -0.25) is 0 Å². The monoisotopic (exact) mass is 285 g/mol. The largest absolute Gasteiger partial charge is 0.423 e. The van der Waals surface area contributed by atoms with Gasteiger partial charge in [0.1, 0.15) is 0 Å². The lowest BCUT2D eigenvalue weighted by atomic mass is 10.2. The first kappa shape index (κ1) is 12.9. The molecular formula is C15H15N3OS. The quantitative estimate of drug-likeness (QED) is 0.777. The molecule has 0 aliphatic rings. The van der Waals surface area contributed by atoms with Gasteiger partial charge in [-0.15, -0.1) is 21.5 Å². The zero-order valence-electron chi connectivity index (χ0n) is 11.3. The second kappa shape index (κ2) is 5.46. The maximum Gasteiger partial charge on any atom is 0.247 e. The average Bonchev–Trinajstić information content (AvgIpc) is 3.10. The molecule has 2 aromatic heterocycles. The number of aryl methyl sites for hydroxylation is 1. The molecule has 0 aliphatic carbocycles. The molecular weight excluding hydrogens is 270 g/mol. The fourth-order valence-corrected chi connectivity index (χ4v) is 2.93. The van der Waals surface area contributed by atoms with Crippen LogP contribution in [0, 0.1) is 6.92 Å². The van der Waals surface area contributed by atoms with E-state index in [9.17, 15) is 0 Å². The molecule has 20 heavy (non-hydrogen) atoms. The summed E-state index contributed by atoms with van der Waals surface area (Å²) in [6, 6.07) is 12.6. The minimum Gasteiger partial charge on any atom is -0.423 e. The normalized spacial score (nSPS) is 12.3. The SMILES string of the molecule is Cc1ccc(C(C)Nc2cccc(-c3nnco3)c2)s1. The molecule has 0 bridgehead atoms. The lowest BCUT2D eigenvalue weighted by Gasteiger charge is -2.14. The van der Waals surface area contributed by atoms with Crippen molar-refractivity contribution in [1.82, 2.24) is 10.2 Å². The van der Waals surface area contributed by atoms with Gasteiger partial charge in [0.2, 0.25) is 12.3 Å². The Balaban J connectivity index is 1.79. The second-order valence-corrected chi connectivity index (χ2v) is 5.96. The van der Waals surface area contributed by atoms with E-state index in [1.807, 2.05) is 35.6 Å². The first-order valence-corrected chi connectivity index (χ1v) is 7.23. The van der Waals surface area contributed by atoms with Crippen LogP contribution in [0.25, 0.3) is 11.5 Å². The van der Waals surface area contributed by atoms with E-state index in [1.165, 1.54) is 16.1 Å². The third kappa shape index (κ3) is 2.72. The van der Waals surface area contributed by atoms with Gasteiger partial charge in [-0.2, -0.15) is 0 Å². The Bertz CT molecular complexity index is 691. The van der Waals surface area contributed by atoms with Crippen LogP contribution in [0.2, 0.25) is 0 Å². The fraction of sp³-hybridized carbons (Fsp3) is 0.200. The summed E-state index contributed by atoms with van der Waals surface area (Å²) in [6.45, 7) is 4.28. The Morgan fingerprint density at radius 2 is 2.15 bits per heavy atom. The van der Waals surface area contributed by atoms with Crippen LogP contribution in [0.3, 0.4) is 0 Å². The van der Waals surface area contributed by atoms with E-state index in [1.54, 1.807) is 0 Å². The first-order valence-electron chi connectivity index (χ1n) is 6.42. The minimum absolute atomic E-state index is 0.270. The predicted molar refractivity (Wildman–Crippen MR) is 80.8 cm³/mol. The zero-order chi connectivity index (χ0) is 13.9. The third-order valence-electron chi connectivity index (χ3n) is 3.04. The molecule has 0 fully saturated rings. The van der Waals surface area contributed by atoms with Crippen LogP contribution in [-0.2, 0) is 0 Å². The summed E-state index contributed by atoms with van der Waals surface area (Å²) in [5.74, 6) is 0.535. The molecule has 0 radical (unpaired) electrons. The van der Waals surface area contributed by atoms with E-state index < -0.39 is 0 Å². The molecule has 5 heteroatoms. The van der Waals surface area contributed by atoms with Crippen LogP contribution in [0.15, 0.2) is 47.2 Å². The molecule has 0 saturated heterocycles. The van der Waals surface area contributed by atoms with Crippen LogP contribution in [0.5, 0.6) is 0 Å². The van der Waals surface area contributed by atoms with Crippen LogP contribution < -0.4 is 5.32 Å². The summed E-state index contributed by atoms with van der Waals surface area (Å²) < 4.78 is 5.22. The van der Waals surface area contributed by atoms with Gasteiger partial charge in [-0.05, 0) is 44.2 Å². The van der Waals surface area contributed by atoms with Crippen LogP contribution in [-0.4, -0.2) is 10.2 Å². The second-order valence-electron chi connectivity index (χ2n) is 4.64. The van der Waals surface area contributed by atoms with Crippen molar-refractivity contribution in [2.45, 2.75) is 19.9 Å². The van der Waals surface area contributed by atoms with Gasteiger partial charge < -0.3 is 9.73 Å². The third-order valence-corrected chi connectivity index (χ3v) is 4.22. The molecule has 1 atom stereocenters. The molecule has 3 aromatic rings. The number of benzene rings is 1. The van der Waals surface area contributed by atoms with Crippen molar-refractivity contribution < 1.29 is 4.42 Å². The predicted octanol–water partition coefficient (Wildman–Crippen LogP) is 4.28. The molecule has 1 N–H and O–H groups in total. The summed E-state index contributed by atoms with van der Waals surface area (Å²) in [6.07, 6.45) is 1.34. The van der Waals surface area contributed by atoms with Gasteiger partial charge in [-0.1, -0.05) is 6.07 Å². The summed E-state index contributed by atoms with van der Waals surface area (Å²) in [5, 5.41) is 11.1. The number of hydrogen-bond donors (Lipinski definition) is 1.